The van der Waals surface area contributed by atoms with Crippen LogP contribution in [0.25, 0.3) is 43.6 Å². The SMILES string of the molecule is CC(C)(C)CCC(=O)OCc1ccccc1.CC(C)(C)CCc1ccccc1.CC(C)(C)Cc1c[nH+]c[nH]1.CC(C)(C)Cc1cc2ccccc2[nH]1.CC(C)(C)Cc1ccc(-c2ccccc2)cc1.CC(C)(C)Cc1ccc(F)cc1.CC(C)(C)Cc1ccc(O)cc1.CC(C)(C)Cc1ccc2ccccc2c1.CC(C)(C)Cc1cccc2ccccc12.CC(C)(C)Cc1ccccc1.CC(C)C(C)(C)C. The quantitative estimate of drug-likeness (QED) is 0.0893. The first kappa shape index (κ1) is 122. The molecule has 0 aliphatic heterocycles. The minimum atomic E-state index is -0.160. The summed E-state index contributed by atoms with van der Waals surface area (Å²) in [6, 6.07) is 106. The summed E-state index contributed by atoms with van der Waals surface area (Å²) in [7, 11) is 0. The molecule has 2 heterocycles. The van der Waals surface area contributed by atoms with Gasteiger partial charge in [0.2, 0.25) is 6.33 Å². The minimum absolute atomic E-state index is 0.112. The van der Waals surface area contributed by atoms with Crippen LogP contribution in [0.2, 0.25) is 0 Å². The maximum absolute atomic E-state index is 12.5. The number of aryl methyl sites for hydroxylation is 1. The zero-order valence-electron chi connectivity index (χ0n) is 94.5. The third kappa shape index (κ3) is 60.9. The molecule has 0 unspecified atom stereocenters. The molecule has 0 amide bonds. The van der Waals surface area contributed by atoms with E-state index in [0.717, 1.165) is 69.3 Å². The number of benzene rings is 12. The second-order valence-electron chi connectivity index (χ2n) is 51.8. The molecule has 6 nitrogen and oxygen atoms in total. The topological polar surface area (TPSA) is 92.2 Å². The molecule has 4 N–H and O–H groups in total. The Balaban J connectivity index is 0.000000325. The van der Waals surface area contributed by atoms with Crippen LogP contribution >= 0.6 is 0 Å². The number of carbonyl (C=O) groups is 1. The predicted octanol–water partition coefficient (Wildman–Crippen LogP) is 38.6. The highest BCUT2D eigenvalue weighted by molar-refractivity contribution is 5.86. The number of phenolic OH excluding ortho intramolecular Hbond substituents is 1. The lowest BCUT2D eigenvalue weighted by molar-refractivity contribution is -0.376. The van der Waals surface area contributed by atoms with E-state index in [1.165, 1.54) is 119 Å². The van der Waals surface area contributed by atoms with E-state index in [1.54, 1.807) is 12.1 Å². The van der Waals surface area contributed by atoms with Gasteiger partial charge in [-0.05, 0) is 249 Å². The second kappa shape index (κ2) is 58.0. The van der Waals surface area contributed by atoms with Crippen molar-refractivity contribution in [2.24, 2.45) is 65.5 Å². The fourth-order valence-electron chi connectivity index (χ4n) is 14.9. The van der Waals surface area contributed by atoms with E-state index in [9.17, 15) is 9.18 Å². The van der Waals surface area contributed by atoms with E-state index in [4.69, 9.17) is 9.84 Å². The lowest BCUT2D eigenvalue weighted by Gasteiger charge is -2.22. The number of phenols is 1. The number of aromatic amines is 3. The Labute approximate surface area is 858 Å². The van der Waals surface area contributed by atoms with Gasteiger partial charge in [0.25, 0.3) is 0 Å². The molecule has 0 aliphatic carbocycles. The van der Waals surface area contributed by atoms with Crippen LogP contribution in [0.1, 0.15) is 317 Å². The first-order valence-electron chi connectivity index (χ1n) is 51.8. The number of hydrogen-bond acceptors (Lipinski definition) is 3. The summed E-state index contributed by atoms with van der Waals surface area (Å²) < 4.78 is 17.7. The van der Waals surface area contributed by atoms with Crippen molar-refractivity contribution >= 4 is 38.4 Å². The van der Waals surface area contributed by atoms with Crippen molar-refractivity contribution in [3.8, 4) is 16.9 Å². The number of H-pyrrole nitrogens is 3. The van der Waals surface area contributed by atoms with Gasteiger partial charge in [0.1, 0.15) is 30.1 Å². The van der Waals surface area contributed by atoms with E-state index >= 15 is 0 Å². The molecule has 2 aromatic heterocycles. The number of aromatic hydroxyl groups is 1. The van der Waals surface area contributed by atoms with Gasteiger partial charge in [-0.2, -0.15) is 0 Å². The smallest absolute Gasteiger partial charge is 0.306 e. The second-order valence-corrected chi connectivity index (χ2v) is 51.8. The van der Waals surface area contributed by atoms with Gasteiger partial charge in [-0.25, -0.2) is 9.37 Å². The number of carbonyl (C=O) groups excluding carboxylic acids is 1. The monoisotopic (exact) mass is 1910 g/mol. The standard InChI is InChI=1S/C17H20.2C15H18.C14H20O2.C13H17N.C12H18.C11H15F.C11H16O.C11H16.C8H14N2.C7H16/c1-17(2,3)13-14-9-11-16(12-10-14)15-7-5-4-6-8-15;1-15(2,3)11-13-9-6-8-12-7-4-5-10-14(12)13;1-15(2,3)11-12-8-9-13-6-4-5-7-14(13)10-12;1-14(2,3)10-9-13(15)16-11-12-7-5-4-6-8-12;1-13(2,3)9-11-8-10-6-4-5-7-12(10)14-11;1-12(2,3)10-9-11-7-5-4-6-8-11;2*1-11(2,3)8-9-4-6-10(12)7-5-9;1-11(2,3)9-10-7-5-4-6-8-10;1-8(2,3)4-7-5-9-6-10-7;1-6(2)7(3,4)5/h4-12H,13H2,1-3H3;2*4-10H,11H2,1-3H3;4-8H,9-11H2,1-3H3;4-8,14H,9H2,1-3H3;4-8H,9-10H2,1-3H3;4-7H,8H2,1-3H3;4-7,12H,8H2,1-3H3;4-8H,9H2,1-3H3;5-6H,4H2,1-3H3,(H,9,10);6H,1-5H3/p+1. The molecule has 764 valence electrons. The number of ether oxygens (including phenoxy) is 1. The fraction of sp³-hybridized carbons (Fsp3) is 0.448. The van der Waals surface area contributed by atoms with Crippen molar-refractivity contribution < 1.29 is 24.0 Å². The Kier molecular flexibility index (Phi) is 50.4. The molecule has 12 aromatic carbocycles. The van der Waals surface area contributed by atoms with Gasteiger partial charge in [0.15, 0.2) is 0 Å². The lowest BCUT2D eigenvalue weighted by atomic mass is 9.84. The third-order valence-corrected chi connectivity index (χ3v) is 22.5. The third-order valence-electron chi connectivity index (χ3n) is 22.5. The summed E-state index contributed by atoms with van der Waals surface area (Å²) in [5, 5.41) is 15.8. The molecule has 0 atom stereocenters. The summed E-state index contributed by atoms with van der Waals surface area (Å²) in [5.41, 5.74) is 21.1. The van der Waals surface area contributed by atoms with Gasteiger partial charge in [0, 0.05) is 24.1 Å². The maximum Gasteiger partial charge on any atom is 0.306 e. The van der Waals surface area contributed by atoms with Crippen LogP contribution in [0.5, 0.6) is 5.75 Å². The highest BCUT2D eigenvalue weighted by atomic mass is 19.1. The average Bonchev–Trinajstić information content (AvgIpc) is 1.53. The van der Waals surface area contributed by atoms with Crippen LogP contribution in [0, 0.1) is 71.3 Å². The molecule has 0 spiro atoms. The van der Waals surface area contributed by atoms with E-state index in [2.05, 4.69) is 488 Å². The predicted molar refractivity (Wildman–Crippen MR) is 615 cm³/mol. The minimum Gasteiger partial charge on any atom is -0.508 e. The van der Waals surface area contributed by atoms with Crippen LogP contribution in [0.15, 0.2) is 322 Å². The highest BCUT2D eigenvalue weighted by Gasteiger charge is 2.21. The number of halogens is 1. The molecule has 0 bridgehead atoms. The Bertz CT molecular complexity index is 5590. The fourth-order valence-corrected chi connectivity index (χ4v) is 14.9. The average molecular weight is 1910 g/mol. The lowest BCUT2D eigenvalue weighted by Crippen LogP contribution is -2.12. The summed E-state index contributed by atoms with van der Waals surface area (Å²) in [6.07, 6.45) is 16.5. The van der Waals surface area contributed by atoms with Gasteiger partial charge in [-0.15, -0.1) is 0 Å². The highest BCUT2D eigenvalue weighted by Crippen LogP contribution is 2.33. The van der Waals surface area contributed by atoms with Crippen LogP contribution < -0.4 is 4.98 Å². The summed E-state index contributed by atoms with van der Waals surface area (Å²) in [4.78, 5) is 21.0. The Morgan fingerprint density at radius 2 is 0.674 bits per heavy atom. The number of imidazole rings is 1. The van der Waals surface area contributed by atoms with Gasteiger partial charge in [-0.1, -0.05) is 515 Å². The first-order valence-corrected chi connectivity index (χ1v) is 51.8. The molecule has 141 heavy (non-hydrogen) atoms. The van der Waals surface area contributed by atoms with Crippen molar-refractivity contribution in [3.63, 3.8) is 0 Å². The van der Waals surface area contributed by atoms with Gasteiger partial charge in [0.05, 0.1) is 0 Å². The van der Waals surface area contributed by atoms with Crippen LogP contribution in [-0.4, -0.2) is 21.0 Å². The largest absolute Gasteiger partial charge is 0.508 e. The van der Waals surface area contributed by atoms with Crippen molar-refractivity contribution in [1.29, 1.82) is 0 Å². The molecule has 7 heteroatoms. The number of fused-ring (bicyclic) bond motifs is 3. The van der Waals surface area contributed by atoms with Crippen LogP contribution in [0.3, 0.4) is 0 Å². The van der Waals surface area contributed by atoms with Crippen LogP contribution in [-0.2, 0) is 73.9 Å². The Morgan fingerprint density at radius 1 is 0.319 bits per heavy atom. The summed E-state index contributed by atoms with van der Waals surface area (Å²) >= 11 is 0. The maximum atomic E-state index is 12.5. The molecule has 14 rings (SSSR count). The number of nitrogens with one attached hydrogen (secondary N) is 3. The molecule has 0 saturated heterocycles. The van der Waals surface area contributed by atoms with Crippen molar-refractivity contribution in [3.05, 3.63) is 384 Å². The van der Waals surface area contributed by atoms with E-state index in [-0.39, 0.29) is 22.6 Å². The van der Waals surface area contributed by atoms with E-state index < -0.39 is 0 Å². The first-order chi connectivity index (χ1) is 65.3. The molecule has 0 fully saturated rings. The number of rotatable bonds is 15. The number of aromatic nitrogens is 3. The Morgan fingerprint density at radius 3 is 1.11 bits per heavy atom. The van der Waals surface area contributed by atoms with Crippen molar-refractivity contribution in [2.75, 3.05) is 0 Å². The molecule has 0 saturated carbocycles. The number of para-hydroxylation sites is 1. The van der Waals surface area contributed by atoms with Crippen molar-refractivity contribution in [1.82, 2.24) is 9.97 Å². The van der Waals surface area contributed by atoms with Crippen molar-refractivity contribution in [2.45, 2.75) is 326 Å². The van der Waals surface area contributed by atoms with Gasteiger partial charge < -0.3 is 14.8 Å². The molecular formula is C134H189FN3O3+. The summed E-state index contributed by atoms with van der Waals surface area (Å²) in [5.74, 6) is 0.867. The van der Waals surface area contributed by atoms with E-state index in [0.29, 0.717) is 67.5 Å². The normalized spacial score (nSPS) is 11.8. The zero-order valence-corrected chi connectivity index (χ0v) is 94.5. The number of hydrogen-bond donors (Lipinski definition) is 3. The van der Waals surface area contributed by atoms with Gasteiger partial charge >= 0.3 is 5.97 Å². The van der Waals surface area contributed by atoms with Gasteiger partial charge in [-0.3, -0.25) is 9.78 Å². The molecule has 14 aromatic rings. The molecule has 0 aliphatic rings. The molecule has 0 radical (unpaired) electrons. The Hall–Kier alpha value is -10.9. The van der Waals surface area contributed by atoms with E-state index in [1.807, 2.05) is 67.1 Å². The summed E-state index contributed by atoms with van der Waals surface area (Å²) in [6.45, 7) is 78.8. The van der Waals surface area contributed by atoms with Crippen LogP contribution in [0.4, 0.5) is 4.39 Å². The molecular weight excluding hydrogens is 1720 g/mol. The zero-order chi connectivity index (χ0) is 106. The number of esters is 1.